The van der Waals surface area contributed by atoms with Gasteiger partial charge in [0.15, 0.2) is 0 Å². The molecule has 0 aromatic carbocycles. The summed E-state index contributed by atoms with van der Waals surface area (Å²) in [6.45, 7) is 12.2. The van der Waals surface area contributed by atoms with Crippen molar-refractivity contribution in [2.45, 2.75) is 72.0 Å². The number of amides is 3. The van der Waals surface area contributed by atoms with Crippen LogP contribution >= 0.6 is 11.3 Å². The maximum absolute atomic E-state index is 11.9. The molecule has 0 saturated carbocycles. The number of nitrogens with zero attached hydrogens (tertiary/aromatic N) is 1. The molecule has 3 N–H and O–H groups in total. The molecule has 3 amide bonds. The minimum atomic E-state index is -0.579. The first-order valence-corrected chi connectivity index (χ1v) is 8.81. The Kier molecular flexibility index (Phi) is 7.00. The number of aromatic nitrogens is 1. The molecule has 0 radical (unpaired) electrons. The van der Waals surface area contributed by atoms with Crippen LogP contribution in [0.25, 0.3) is 0 Å². The van der Waals surface area contributed by atoms with Gasteiger partial charge in [-0.25, -0.2) is 9.78 Å². The first-order chi connectivity index (χ1) is 10.6. The number of rotatable bonds is 6. The number of carbonyl (C=O) groups is 2. The Balaban J connectivity index is 2.42. The molecule has 0 aliphatic heterocycles. The molecule has 7 heteroatoms. The second-order valence-electron chi connectivity index (χ2n) is 6.76. The Morgan fingerprint density at radius 3 is 2.43 bits per heavy atom. The zero-order chi connectivity index (χ0) is 17.6. The van der Waals surface area contributed by atoms with Crippen LogP contribution in [0.3, 0.4) is 0 Å². The van der Waals surface area contributed by atoms with E-state index < -0.39 is 6.04 Å². The average molecular weight is 340 g/mol. The van der Waals surface area contributed by atoms with Gasteiger partial charge in [-0.15, -0.1) is 11.3 Å². The molecular formula is C16H28N4O2S. The van der Waals surface area contributed by atoms with Crippen molar-refractivity contribution in [3.05, 3.63) is 16.1 Å². The predicted molar refractivity (Wildman–Crippen MR) is 93.5 cm³/mol. The number of carbonyl (C=O) groups excluding carboxylic acids is 2. The van der Waals surface area contributed by atoms with E-state index in [2.05, 4.69) is 41.7 Å². The molecule has 0 bridgehead atoms. The summed E-state index contributed by atoms with van der Waals surface area (Å²) in [4.78, 5) is 28.3. The van der Waals surface area contributed by atoms with Gasteiger partial charge in [0.25, 0.3) is 0 Å². The second-order valence-corrected chi connectivity index (χ2v) is 7.62. The summed E-state index contributed by atoms with van der Waals surface area (Å²) in [5.41, 5.74) is 0.833. The van der Waals surface area contributed by atoms with Crippen molar-refractivity contribution in [3.63, 3.8) is 0 Å². The van der Waals surface area contributed by atoms with E-state index in [1.165, 1.54) is 0 Å². The van der Waals surface area contributed by atoms with Crippen molar-refractivity contribution in [1.29, 1.82) is 0 Å². The molecule has 1 rings (SSSR count). The van der Waals surface area contributed by atoms with Gasteiger partial charge in [0.2, 0.25) is 5.91 Å². The van der Waals surface area contributed by atoms with Crippen LogP contribution in [-0.2, 0) is 16.8 Å². The normalized spacial score (nSPS) is 14.0. The summed E-state index contributed by atoms with van der Waals surface area (Å²) in [5, 5.41) is 11.2. The van der Waals surface area contributed by atoms with Crippen LogP contribution in [0.4, 0.5) is 4.79 Å². The van der Waals surface area contributed by atoms with E-state index in [0.29, 0.717) is 6.54 Å². The SMILES string of the molecule is CCC(C)NC(=O)C(C)NC(=O)NCc1csc(C(C)(C)C)n1. The average Bonchev–Trinajstić information content (AvgIpc) is 2.93. The van der Waals surface area contributed by atoms with Crippen molar-refractivity contribution in [1.82, 2.24) is 20.9 Å². The fourth-order valence-electron chi connectivity index (χ4n) is 1.69. The third-order valence-corrected chi connectivity index (χ3v) is 4.68. The summed E-state index contributed by atoms with van der Waals surface area (Å²) in [5.74, 6) is -0.182. The van der Waals surface area contributed by atoms with Gasteiger partial charge in [-0.3, -0.25) is 4.79 Å². The molecule has 1 aromatic heterocycles. The maximum Gasteiger partial charge on any atom is 0.315 e. The molecule has 130 valence electrons. The summed E-state index contributed by atoms with van der Waals surface area (Å²) in [6.07, 6.45) is 0.852. The lowest BCUT2D eigenvalue weighted by molar-refractivity contribution is -0.123. The smallest absolute Gasteiger partial charge is 0.315 e. The van der Waals surface area contributed by atoms with Crippen molar-refractivity contribution in [2.75, 3.05) is 0 Å². The molecule has 0 fully saturated rings. The monoisotopic (exact) mass is 340 g/mol. The highest BCUT2D eigenvalue weighted by Gasteiger charge is 2.19. The Morgan fingerprint density at radius 1 is 1.26 bits per heavy atom. The van der Waals surface area contributed by atoms with Gasteiger partial charge in [0, 0.05) is 16.8 Å². The van der Waals surface area contributed by atoms with Crippen LogP contribution in [0.15, 0.2) is 5.38 Å². The van der Waals surface area contributed by atoms with Crippen molar-refractivity contribution < 1.29 is 9.59 Å². The lowest BCUT2D eigenvalue weighted by atomic mass is 9.98. The van der Waals surface area contributed by atoms with Gasteiger partial charge in [0.1, 0.15) is 6.04 Å². The highest BCUT2D eigenvalue weighted by molar-refractivity contribution is 7.09. The second kappa shape index (κ2) is 8.29. The molecule has 0 aliphatic carbocycles. The van der Waals surface area contributed by atoms with E-state index >= 15 is 0 Å². The number of hydrogen-bond donors (Lipinski definition) is 3. The predicted octanol–water partition coefficient (Wildman–Crippen LogP) is 2.54. The zero-order valence-electron chi connectivity index (χ0n) is 14.8. The molecule has 23 heavy (non-hydrogen) atoms. The van der Waals surface area contributed by atoms with Gasteiger partial charge < -0.3 is 16.0 Å². The minimum Gasteiger partial charge on any atom is -0.352 e. The molecule has 1 heterocycles. The van der Waals surface area contributed by atoms with Crippen LogP contribution in [0.2, 0.25) is 0 Å². The maximum atomic E-state index is 11.9. The number of hydrogen-bond acceptors (Lipinski definition) is 4. The van der Waals surface area contributed by atoms with E-state index in [0.717, 1.165) is 17.1 Å². The molecule has 0 aliphatic rings. The molecule has 6 nitrogen and oxygen atoms in total. The third-order valence-electron chi connectivity index (χ3n) is 3.37. The van der Waals surface area contributed by atoms with Crippen molar-refractivity contribution in [3.8, 4) is 0 Å². The lowest BCUT2D eigenvalue weighted by Crippen LogP contribution is -2.50. The first-order valence-electron chi connectivity index (χ1n) is 7.93. The van der Waals surface area contributed by atoms with Gasteiger partial charge in [-0.2, -0.15) is 0 Å². The van der Waals surface area contributed by atoms with E-state index in [4.69, 9.17) is 0 Å². The summed E-state index contributed by atoms with van der Waals surface area (Å²) < 4.78 is 0. The molecule has 1 aromatic rings. The van der Waals surface area contributed by atoms with E-state index in [1.54, 1.807) is 18.3 Å². The quantitative estimate of drug-likeness (QED) is 0.744. The van der Waals surface area contributed by atoms with Gasteiger partial charge in [-0.05, 0) is 20.3 Å². The molecule has 2 atom stereocenters. The van der Waals surface area contributed by atoms with Gasteiger partial charge >= 0.3 is 6.03 Å². The number of nitrogens with one attached hydrogen (secondary N) is 3. The standard InChI is InChI=1S/C16H28N4O2S/c1-7-10(2)18-13(21)11(3)19-15(22)17-8-12-9-23-14(20-12)16(4,5)6/h9-11H,7-8H2,1-6H3,(H,18,21)(H2,17,19,22). The molecule has 2 unspecified atom stereocenters. The Labute approximate surface area is 142 Å². The molecule has 0 saturated heterocycles. The van der Waals surface area contributed by atoms with Crippen LogP contribution in [0.1, 0.15) is 58.7 Å². The Bertz CT molecular complexity index is 536. The highest BCUT2D eigenvalue weighted by Crippen LogP contribution is 2.25. The summed E-state index contributed by atoms with van der Waals surface area (Å²) >= 11 is 1.59. The number of thiazole rings is 1. The largest absolute Gasteiger partial charge is 0.352 e. The fraction of sp³-hybridized carbons (Fsp3) is 0.688. The van der Waals surface area contributed by atoms with Crippen LogP contribution < -0.4 is 16.0 Å². The van der Waals surface area contributed by atoms with Gasteiger partial charge in [-0.1, -0.05) is 27.7 Å². The van der Waals surface area contributed by atoms with E-state index in [9.17, 15) is 9.59 Å². The minimum absolute atomic E-state index is 0.00769. The Hall–Kier alpha value is -1.63. The number of urea groups is 1. The highest BCUT2D eigenvalue weighted by atomic mass is 32.1. The van der Waals surface area contributed by atoms with Crippen molar-refractivity contribution in [2.24, 2.45) is 0 Å². The third kappa shape index (κ3) is 6.56. The van der Waals surface area contributed by atoms with E-state index in [1.807, 2.05) is 19.2 Å². The molecule has 0 spiro atoms. The zero-order valence-corrected chi connectivity index (χ0v) is 15.6. The summed E-state index contributed by atoms with van der Waals surface area (Å²) in [7, 11) is 0. The Morgan fingerprint density at radius 2 is 1.91 bits per heavy atom. The van der Waals surface area contributed by atoms with Crippen LogP contribution in [0.5, 0.6) is 0 Å². The van der Waals surface area contributed by atoms with Crippen LogP contribution in [-0.4, -0.2) is 29.0 Å². The summed E-state index contributed by atoms with van der Waals surface area (Å²) in [6, 6.07) is -0.854. The van der Waals surface area contributed by atoms with Crippen LogP contribution in [0, 0.1) is 0 Å². The topological polar surface area (TPSA) is 83.1 Å². The lowest BCUT2D eigenvalue weighted by Gasteiger charge is -2.17. The first kappa shape index (κ1) is 19.4. The van der Waals surface area contributed by atoms with Crippen molar-refractivity contribution >= 4 is 23.3 Å². The molecular weight excluding hydrogens is 312 g/mol. The fourth-order valence-corrected chi connectivity index (χ4v) is 2.59. The van der Waals surface area contributed by atoms with E-state index in [-0.39, 0.29) is 23.4 Å². The van der Waals surface area contributed by atoms with Gasteiger partial charge in [0.05, 0.1) is 17.2 Å².